The van der Waals surface area contributed by atoms with Crippen molar-refractivity contribution in [3.05, 3.63) is 27.1 Å². The molecule has 180 valence electrons. The topological polar surface area (TPSA) is 93.1 Å². The first kappa shape index (κ1) is 23.8. The Morgan fingerprint density at radius 1 is 1.24 bits per heavy atom. The van der Waals surface area contributed by atoms with Crippen molar-refractivity contribution >= 4 is 68.2 Å². The van der Waals surface area contributed by atoms with Crippen LogP contribution >= 0.6 is 39.9 Å². The number of esters is 1. The van der Waals surface area contributed by atoms with Crippen molar-refractivity contribution in [2.75, 3.05) is 13.7 Å². The number of carbonyl (C=O) groups is 3. The summed E-state index contributed by atoms with van der Waals surface area (Å²) in [7, 11) is 1.50. The number of methoxy groups -OCH3 is 1. The van der Waals surface area contributed by atoms with Crippen LogP contribution in [0, 0.1) is 23.2 Å². The van der Waals surface area contributed by atoms with Gasteiger partial charge in [-0.1, -0.05) is 24.0 Å². The highest BCUT2D eigenvalue weighted by Gasteiger charge is 2.55. The molecule has 10 heteroatoms. The number of halogens is 1. The van der Waals surface area contributed by atoms with Gasteiger partial charge in [-0.05, 0) is 96.0 Å². The SMILES string of the molecule is COc1cc(/C=C2/SC(=S)N(CC(=O)O)C2=O)cc(Br)c1OC(=O)C12CC3CC(CC(C3)C1)C2. The normalized spacial score (nSPS) is 30.8. The zero-order valence-corrected chi connectivity index (χ0v) is 21.8. The van der Waals surface area contributed by atoms with Gasteiger partial charge in [-0.2, -0.15) is 0 Å². The van der Waals surface area contributed by atoms with Gasteiger partial charge in [0.15, 0.2) is 11.5 Å². The van der Waals surface area contributed by atoms with Crippen molar-refractivity contribution < 1.29 is 29.0 Å². The molecule has 5 aliphatic rings. The van der Waals surface area contributed by atoms with Crippen molar-refractivity contribution in [1.82, 2.24) is 4.90 Å². The summed E-state index contributed by atoms with van der Waals surface area (Å²) in [6.07, 6.45) is 8.09. The Kier molecular flexibility index (Phi) is 6.27. The van der Waals surface area contributed by atoms with E-state index in [1.807, 2.05) is 0 Å². The van der Waals surface area contributed by atoms with Gasteiger partial charge in [-0.15, -0.1) is 0 Å². The average molecular weight is 566 g/mol. The second-order valence-electron chi connectivity index (χ2n) is 9.78. The van der Waals surface area contributed by atoms with Gasteiger partial charge in [0.25, 0.3) is 5.91 Å². The molecule has 7 nitrogen and oxygen atoms in total. The van der Waals surface area contributed by atoms with E-state index in [2.05, 4.69) is 15.9 Å². The molecule has 1 aromatic rings. The van der Waals surface area contributed by atoms with Gasteiger partial charge in [0.1, 0.15) is 10.9 Å². The Bertz CT molecular complexity index is 1100. The van der Waals surface area contributed by atoms with Crippen LogP contribution < -0.4 is 9.47 Å². The highest BCUT2D eigenvalue weighted by Crippen LogP contribution is 2.60. The van der Waals surface area contributed by atoms with E-state index in [1.54, 1.807) is 18.2 Å². The van der Waals surface area contributed by atoms with E-state index in [9.17, 15) is 14.4 Å². The zero-order chi connectivity index (χ0) is 24.2. The van der Waals surface area contributed by atoms with Gasteiger partial charge >= 0.3 is 11.9 Å². The molecule has 0 radical (unpaired) electrons. The molecule has 1 aromatic carbocycles. The van der Waals surface area contributed by atoms with E-state index in [1.165, 1.54) is 26.4 Å². The number of benzene rings is 1. The van der Waals surface area contributed by atoms with Crippen LogP contribution in [-0.2, 0) is 14.4 Å². The monoisotopic (exact) mass is 565 g/mol. The summed E-state index contributed by atoms with van der Waals surface area (Å²) in [5.41, 5.74) is 0.241. The second kappa shape index (κ2) is 8.95. The molecule has 4 saturated carbocycles. The van der Waals surface area contributed by atoms with Gasteiger partial charge in [0.2, 0.25) is 0 Å². The highest BCUT2D eigenvalue weighted by atomic mass is 79.9. The number of hydrogen-bond acceptors (Lipinski definition) is 7. The van der Waals surface area contributed by atoms with Crippen LogP contribution in [0.2, 0.25) is 0 Å². The Balaban J connectivity index is 1.38. The zero-order valence-electron chi connectivity index (χ0n) is 18.5. The summed E-state index contributed by atoms with van der Waals surface area (Å²) < 4.78 is 12.2. The summed E-state index contributed by atoms with van der Waals surface area (Å²) in [5.74, 6) is 0.840. The highest BCUT2D eigenvalue weighted by molar-refractivity contribution is 9.10. The summed E-state index contributed by atoms with van der Waals surface area (Å²) >= 11 is 9.71. The van der Waals surface area contributed by atoms with Crippen LogP contribution in [0.5, 0.6) is 11.5 Å². The molecule has 0 atom stereocenters. The molecule has 1 aliphatic heterocycles. The molecule has 6 rings (SSSR count). The lowest BCUT2D eigenvalue weighted by Gasteiger charge is -2.55. The van der Waals surface area contributed by atoms with Gasteiger partial charge in [-0.25, -0.2) is 0 Å². The lowest BCUT2D eigenvalue weighted by atomic mass is 9.49. The lowest BCUT2D eigenvalue weighted by Crippen LogP contribution is -2.51. The predicted molar refractivity (Wildman–Crippen MR) is 134 cm³/mol. The van der Waals surface area contributed by atoms with Crippen molar-refractivity contribution in [1.29, 1.82) is 0 Å². The minimum atomic E-state index is -1.13. The van der Waals surface area contributed by atoms with Gasteiger partial charge < -0.3 is 14.6 Å². The van der Waals surface area contributed by atoms with E-state index in [-0.39, 0.29) is 10.3 Å². The Labute approximate surface area is 215 Å². The Morgan fingerprint density at radius 2 is 1.85 bits per heavy atom. The second-order valence-corrected chi connectivity index (χ2v) is 12.3. The molecule has 1 heterocycles. The summed E-state index contributed by atoms with van der Waals surface area (Å²) in [5, 5.41) is 9.01. The first-order chi connectivity index (χ1) is 16.2. The van der Waals surface area contributed by atoms with Crippen LogP contribution in [0.1, 0.15) is 44.1 Å². The van der Waals surface area contributed by atoms with E-state index < -0.39 is 23.8 Å². The minimum Gasteiger partial charge on any atom is -0.493 e. The van der Waals surface area contributed by atoms with Crippen molar-refractivity contribution in [3.8, 4) is 11.5 Å². The number of ether oxygens (including phenoxy) is 2. The predicted octanol–water partition coefficient (Wildman–Crippen LogP) is 4.87. The fourth-order valence-corrected chi connectivity index (χ4v) is 8.20. The first-order valence-corrected chi connectivity index (χ1v) is 13.3. The largest absolute Gasteiger partial charge is 0.493 e. The molecule has 34 heavy (non-hydrogen) atoms. The van der Waals surface area contributed by atoms with E-state index in [4.69, 9.17) is 26.8 Å². The molecule has 1 saturated heterocycles. The molecule has 1 amide bonds. The number of rotatable bonds is 6. The maximum atomic E-state index is 13.4. The smallest absolute Gasteiger partial charge is 0.323 e. The summed E-state index contributed by atoms with van der Waals surface area (Å²) in [4.78, 5) is 38.4. The molecule has 4 aliphatic carbocycles. The van der Waals surface area contributed by atoms with E-state index >= 15 is 0 Å². The van der Waals surface area contributed by atoms with Crippen molar-refractivity contribution in [2.24, 2.45) is 23.2 Å². The fraction of sp³-hybridized carbons (Fsp3) is 0.500. The first-order valence-electron chi connectivity index (χ1n) is 11.2. The Hall–Kier alpha value is -1.91. The number of hydrogen-bond donors (Lipinski definition) is 1. The number of carbonyl (C=O) groups excluding carboxylic acids is 2. The third-order valence-electron chi connectivity index (χ3n) is 7.38. The van der Waals surface area contributed by atoms with Crippen molar-refractivity contribution in [3.63, 3.8) is 0 Å². The Morgan fingerprint density at radius 3 is 2.41 bits per heavy atom. The molecule has 0 unspecified atom stereocenters. The summed E-state index contributed by atoms with van der Waals surface area (Å²) in [6.45, 7) is -0.478. The van der Waals surface area contributed by atoms with Crippen molar-refractivity contribution in [2.45, 2.75) is 38.5 Å². The number of carboxylic acid groups (broad SMARTS) is 1. The average Bonchev–Trinajstić information content (AvgIpc) is 3.01. The number of thioether (sulfide) groups is 1. The van der Waals surface area contributed by atoms with E-state index in [0.717, 1.165) is 35.9 Å². The van der Waals surface area contributed by atoms with Crippen LogP contribution in [0.4, 0.5) is 0 Å². The molecule has 5 fully saturated rings. The number of aliphatic carboxylic acids is 1. The molecule has 4 bridgehead atoms. The standard InChI is InChI=1S/C24H24BrNO6S2/c1-31-17-6-12(7-18-21(29)26(11-19(27)28)23(33)34-18)5-16(25)20(17)32-22(30)24-8-13-2-14(9-24)4-15(3-13)10-24/h5-7,13-15H,2-4,8-11H2,1H3,(H,27,28)/b18-7+. The number of nitrogens with zero attached hydrogens (tertiary/aromatic N) is 1. The molecule has 0 aromatic heterocycles. The molecular formula is C24H24BrNO6S2. The quantitative estimate of drug-likeness (QED) is 0.226. The fourth-order valence-electron chi connectivity index (χ4n) is 6.41. The maximum absolute atomic E-state index is 13.4. The number of thiocarbonyl (C=S) groups is 1. The molecular weight excluding hydrogens is 542 g/mol. The number of amides is 1. The molecule has 0 spiro atoms. The van der Waals surface area contributed by atoms with Gasteiger partial charge in [-0.3, -0.25) is 19.3 Å². The van der Waals surface area contributed by atoms with Crippen LogP contribution in [0.3, 0.4) is 0 Å². The maximum Gasteiger partial charge on any atom is 0.323 e. The van der Waals surface area contributed by atoms with Crippen LogP contribution in [0.15, 0.2) is 21.5 Å². The van der Waals surface area contributed by atoms with Gasteiger partial charge in [0.05, 0.1) is 21.9 Å². The third-order valence-corrected chi connectivity index (χ3v) is 9.35. The summed E-state index contributed by atoms with van der Waals surface area (Å²) in [6, 6.07) is 3.44. The third kappa shape index (κ3) is 4.28. The minimum absolute atomic E-state index is 0.173. The van der Waals surface area contributed by atoms with Gasteiger partial charge in [0, 0.05) is 0 Å². The lowest BCUT2D eigenvalue weighted by molar-refractivity contribution is -0.161. The van der Waals surface area contributed by atoms with Crippen LogP contribution in [0.25, 0.3) is 6.08 Å². The number of carboxylic acids is 1. The van der Waals surface area contributed by atoms with Crippen LogP contribution in [-0.4, -0.2) is 45.8 Å². The molecule has 1 N–H and O–H groups in total. The van der Waals surface area contributed by atoms with E-state index in [0.29, 0.717) is 44.2 Å².